The molecular formula is C50H62ClN7O10S2. The number of amides is 4. The number of ether oxygens (including phenoxy) is 4. The first kappa shape index (κ1) is 49.9. The predicted octanol–water partition coefficient (Wildman–Crippen LogP) is 6.32. The van der Waals surface area contributed by atoms with E-state index in [4.69, 9.17) is 40.5 Å². The molecular weight excluding hydrogens is 958 g/mol. The van der Waals surface area contributed by atoms with Crippen molar-refractivity contribution in [1.82, 2.24) is 34.7 Å². The van der Waals surface area contributed by atoms with E-state index in [2.05, 4.69) is 28.8 Å². The molecule has 3 saturated heterocycles. The lowest BCUT2D eigenvalue weighted by Crippen LogP contribution is -2.67. The third kappa shape index (κ3) is 10.5. The summed E-state index contributed by atoms with van der Waals surface area (Å²) in [7, 11) is -3.93. The second-order valence-electron chi connectivity index (χ2n) is 20.3. The number of benzene rings is 2. The minimum atomic E-state index is -3.93. The van der Waals surface area contributed by atoms with E-state index < -0.39 is 74.5 Å². The highest BCUT2D eigenvalue weighted by atomic mass is 35.5. The van der Waals surface area contributed by atoms with Crippen molar-refractivity contribution in [3.8, 4) is 22.2 Å². The summed E-state index contributed by atoms with van der Waals surface area (Å²) in [5.74, 6) is -1.30. The normalized spacial score (nSPS) is 24.9. The van der Waals surface area contributed by atoms with E-state index in [1.165, 1.54) is 21.1 Å². The van der Waals surface area contributed by atoms with Gasteiger partial charge in [0.15, 0.2) is 0 Å². The first-order valence-corrected chi connectivity index (χ1v) is 27.1. The number of nitrogens with one attached hydrogen (secondary N) is 2. The molecule has 2 N–H and O–H groups in total. The third-order valence-corrected chi connectivity index (χ3v) is 16.9. The van der Waals surface area contributed by atoms with Crippen molar-refractivity contribution >= 4 is 67.7 Å². The molecule has 2 aromatic carbocycles. The number of carbonyl (C=O) groups excluding carboxylic acids is 4. The van der Waals surface area contributed by atoms with E-state index in [0.717, 1.165) is 24.3 Å². The fourth-order valence-electron chi connectivity index (χ4n) is 9.74. The van der Waals surface area contributed by atoms with Gasteiger partial charge in [-0.15, -0.1) is 11.3 Å². The summed E-state index contributed by atoms with van der Waals surface area (Å²) in [5.41, 5.74) is 0.174. The number of pyridine rings is 1. The van der Waals surface area contributed by atoms with Crippen molar-refractivity contribution in [2.45, 2.75) is 127 Å². The lowest BCUT2D eigenvalue weighted by Gasteiger charge is -2.45. The van der Waals surface area contributed by atoms with Crippen LogP contribution < -0.4 is 19.5 Å². The fraction of sp³-hybridized carbons (Fsp3) is 0.560. The smallest absolute Gasteiger partial charge is 0.411 e. The quantitative estimate of drug-likeness (QED) is 0.127. The van der Waals surface area contributed by atoms with Crippen LogP contribution in [0.4, 0.5) is 4.79 Å². The van der Waals surface area contributed by atoms with Crippen LogP contribution >= 0.6 is 22.9 Å². The molecule has 5 heterocycles. The van der Waals surface area contributed by atoms with Crippen LogP contribution in [0.5, 0.6) is 11.5 Å². The van der Waals surface area contributed by atoms with Crippen LogP contribution in [0, 0.1) is 5.92 Å². The molecule has 4 amide bonds. The van der Waals surface area contributed by atoms with Crippen LogP contribution in [-0.4, -0.2) is 144 Å². The van der Waals surface area contributed by atoms with Gasteiger partial charge in [0.05, 0.1) is 35.7 Å². The van der Waals surface area contributed by atoms with E-state index in [9.17, 15) is 22.8 Å². The Morgan fingerprint density at radius 2 is 1.79 bits per heavy atom. The van der Waals surface area contributed by atoms with Gasteiger partial charge in [-0.05, 0) is 69.6 Å². The van der Waals surface area contributed by atoms with Gasteiger partial charge in [-0.2, -0.15) is 0 Å². The summed E-state index contributed by atoms with van der Waals surface area (Å²) in [6.45, 7) is 15.2. The number of piperazine rings is 1. The molecule has 2 saturated carbocycles. The highest BCUT2D eigenvalue weighted by molar-refractivity contribution is 7.91. The molecule has 17 nitrogen and oxygen atoms in total. The topological polar surface area (TPSA) is 199 Å². The zero-order valence-electron chi connectivity index (χ0n) is 40.4. The molecule has 0 radical (unpaired) electrons. The van der Waals surface area contributed by atoms with Gasteiger partial charge in [0.2, 0.25) is 21.8 Å². The molecule has 2 aliphatic carbocycles. The maximum atomic E-state index is 15.3. The summed E-state index contributed by atoms with van der Waals surface area (Å²) < 4.78 is 53.1. The first-order chi connectivity index (χ1) is 33.4. The molecule has 9 rings (SSSR count). The standard InChI is InChI=1S/C50H62ClN7O10S2/c1-7-31-26-50(31,47(61)55-70(63,64)32-13-14-32)54-44(59)36-25-41(38-27-57(48(62)68-49(4,5)6)37(46(60)58(36)38)23-30-11-9-8-10-12-30)67-40-24-34(45-53-35(28-69-45)29(2)3)52-43-33(40)15-16-39(42(43)51)66-22-19-56-17-20-65-21-18-56/h8-12,15-16,24,28-29,31-32,36-38,41H,7,13-14,17-23,25-27H2,1-6H3,(H,54,59)(H,55,61)/t31-,36+,37-,38-,41-,50-/m1/s1. The van der Waals surface area contributed by atoms with Gasteiger partial charge in [0.25, 0.3) is 5.91 Å². The van der Waals surface area contributed by atoms with Crippen LogP contribution in [0.3, 0.4) is 0 Å². The fourth-order valence-corrected chi connectivity index (χ4v) is 12.3. The number of rotatable bonds is 16. The summed E-state index contributed by atoms with van der Waals surface area (Å²) in [6.07, 6.45) is 0.132. The summed E-state index contributed by atoms with van der Waals surface area (Å²) in [4.78, 5) is 73.6. The molecule has 4 aromatic rings. The zero-order valence-corrected chi connectivity index (χ0v) is 42.8. The zero-order chi connectivity index (χ0) is 49.7. The molecule has 3 aliphatic heterocycles. The lowest BCUT2D eigenvalue weighted by atomic mass is 9.98. The van der Waals surface area contributed by atoms with E-state index in [1.54, 1.807) is 32.9 Å². The number of sulfonamides is 1. The van der Waals surface area contributed by atoms with Crippen molar-refractivity contribution < 1.29 is 46.5 Å². The SMILES string of the molecule is CC[C@@H]1C[C@]1(NC(=O)[C@@H]1C[C@@H](Oc2cc(-c3nc(C(C)C)cs3)nc3c(Cl)c(OCCN4CCOCC4)ccc23)[C@H]2CN(C(=O)OC(C)(C)C)[C@H](Cc3ccccc3)C(=O)N21)C(=O)NS(=O)(=O)C1CC1. The minimum absolute atomic E-state index is 0.0400. The van der Waals surface area contributed by atoms with Gasteiger partial charge in [0.1, 0.15) is 63.2 Å². The predicted molar refractivity (Wildman–Crippen MR) is 264 cm³/mol. The number of morpholine rings is 1. The van der Waals surface area contributed by atoms with E-state index >= 15 is 4.79 Å². The maximum Gasteiger partial charge on any atom is 0.411 e. The van der Waals surface area contributed by atoms with Crippen LogP contribution in [0.15, 0.2) is 53.9 Å². The minimum Gasteiger partial charge on any atom is -0.491 e. The van der Waals surface area contributed by atoms with Crippen molar-refractivity contribution in [1.29, 1.82) is 0 Å². The van der Waals surface area contributed by atoms with Crippen molar-refractivity contribution in [3.05, 3.63) is 70.2 Å². The summed E-state index contributed by atoms with van der Waals surface area (Å²) >= 11 is 8.63. The Labute approximate surface area is 417 Å². The molecule has 0 bridgehead atoms. The van der Waals surface area contributed by atoms with Crippen LogP contribution in [0.2, 0.25) is 5.02 Å². The average Bonchev–Trinajstić information content (AvgIpc) is 4.22. The van der Waals surface area contributed by atoms with E-state index in [1.807, 2.05) is 48.7 Å². The molecule has 6 atom stereocenters. The van der Waals surface area contributed by atoms with Gasteiger partial charge in [0, 0.05) is 55.9 Å². The number of fused-ring (bicyclic) bond motifs is 2. The maximum absolute atomic E-state index is 15.3. The van der Waals surface area contributed by atoms with Crippen molar-refractivity contribution in [3.63, 3.8) is 0 Å². The molecule has 20 heteroatoms. The average molecular weight is 1020 g/mol. The molecule has 70 heavy (non-hydrogen) atoms. The number of halogens is 1. The van der Waals surface area contributed by atoms with Crippen LogP contribution in [0.1, 0.15) is 90.8 Å². The van der Waals surface area contributed by atoms with Crippen LogP contribution in [-0.2, 0) is 40.3 Å². The number of hydrogen-bond donors (Lipinski definition) is 2. The molecule has 5 aliphatic rings. The Hall–Kier alpha value is -5.08. The van der Waals surface area contributed by atoms with E-state index in [-0.39, 0.29) is 42.7 Å². The largest absolute Gasteiger partial charge is 0.491 e. The molecule has 376 valence electrons. The van der Waals surface area contributed by atoms with Crippen molar-refractivity contribution in [2.24, 2.45) is 5.92 Å². The highest BCUT2D eigenvalue weighted by Crippen LogP contribution is 2.48. The lowest BCUT2D eigenvalue weighted by molar-refractivity contribution is -0.151. The number of hydrogen-bond acceptors (Lipinski definition) is 14. The molecule has 0 spiro atoms. The Bertz CT molecular complexity index is 2740. The number of thiazole rings is 1. The Morgan fingerprint density at radius 1 is 1.04 bits per heavy atom. The van der Waals surface area contributed by atoms with Crippen LogP contribution in [0.25, 0.3) is 21.6 Å². The van der Waals surface area contributed by atoms with Gasteiger partial charge in [-0.1, -0.05) is 69.1 Å². The Kier molecular flexibility index (Phi) is 14.1. The van der Waals surface area contributed by atoms with Gasteiger partial charge in [-0.25, -0.2) is 23.2 Å². The first-order valence-electron chi connectivity index (χ1n) is 24.3. The molecule has 5 fully saturated rings. The number of nitrogens with zero attached hydrogens (tertiary/aromatic N) is 5. The Balaban J connectivity index is 1.09. The number of aromatic nitrogens is 2. The second kappa shape index (κ2) is 19.8. The van der Waals surface area contributed by atoms with E-state index in [0.29, 0.717) is 78.7 Å². The summed E-state index contributed by atoms with van der Waals surface area (Å²) in [6, 6.07) is 11.5. The highest BCUT2D eigenvalue weighted by Gasteiger charge is 2.63. The van der Waals surface area contributed by atoms with Crippen molar-refractivity contribution in [2.75, 3.05) is 46.0 Å². The third-order valence-electron chi connectivity index (χ3n) is 13.9. The molecule has 2 aromatic heterocycles. The van der Waals surface area contributed by atoms with Gasteiger partial charge < -0.3 is 29.2 Å². The summed E-state index contributed by atoms with van der Waals surface area (Å²) in [5, 5.41) is 5.73. The molecule has 0 unspecified atom stereocenters. The number of carbonyl (C=O) groups is 4. The Morgan fingerprint density at radius 3 is 2.44 bits per heavy atom. The monoisotopic (exact) mass is 1020 g/mol. The van der Waals surface area contributed by atoms with Gasteiger partial charge >= 0.3 is 6.09 Å². The second-order valence-corrected chi connectivity index (χ2v) is 23.5. The van der Waals surface area contributed by atoms with Gasteiger partial charge in [-0.3, -0.25) is 28.9 Å².